The van der Waals surface area contributed by atoms with E-state index in [2.05, 4.69) is 13.8 Å². The Hall–Kier alpha value is -2.27. The Kier molecular flexibility index (Phi) is 34.4. The number of rotatable bonds is 38. The highest BCUT2D eigenvalue weighted by Crippen LogP contribution is 2.47. The highest BCUT2D eigenvalue weighted by molar-refractivity contribution is 7.47. The standard InChI is InChI=1S/C47H83O15P/c1-3-5-7-8-9-10-11-12-13-14-15-16-20-23-27-33-40(50)59-35-39(36-60-63(57,58)62-47-45(55)43(53)42(52)44(54)46(47)56)61-41(51)34-28-32-38(49)31-26-22-19-17-18-21-25-30-37(48)29-24-6-4-2/h18-19,21-22,25-26,30-31,37-39,42-49,52-56H,3-17,20,23-24,27-29,32-36H2,1-2H3,(H,57,58)/b21-18-,22-19-,30-25+,31-26+/t37-,38-,39-,42?,43-,44+,45-,46-,47?/m1/s1. The Morgan fingerprint density at radius 1 is 0.556 bits per heavy atom. The maximum Gasteiger partial charge on any atom is 0.472 e. The molecule has 63 heavy (non-hydrogen) atoms. The summed E-state index contributed by atoms with van der Waals surface area (Å²) in [4.78, 5) is 35.7. The van der Waals surface area contributed by atoms with Crippen molar-refractivity contribution >= 4 is 19.8 Å². The molecule has 0 aromatic carbocycles. The summed E-state index contributed by atoms with van der Waals surface area (Å²) in [6, 6.07) is 0. The SMILES string of the molecule is CCCCCCCCCCCCCCCCCC(=O)OC[C@H](COP(=O)(O)OC1[C@H](O)[C@H](O)C(O)[C@H](O)[C@H]1O)OC(=O)CCC[C@H](O)/C=C/C=C\C/C=C\C=C\[C@H](O)CCCCC. The lowest BCUT2D eigenvalue weighted by molar-refractivity contribution is -0.220. The number of carbonyl (C=O) groups excluding carboxylic acids is 2. The van der Waals surface area contributed by atoms with Gasteiger partial charge in [0, 0.05) is 12.8 Å². The summed E-state index contributed by atoms with van der Waals surface area (Å²) in [5.74, 6) is -1.33. The van der Waals surface area contributed by atoms with Crippen molar-refractivity contribution in [2.24, 2.45) is 0 Å². The van der Waals surface area contributed by atoms with Gasteiger partial charge in [-0.25, -0.2) is 4.57 Å². The summed E-state index contributed by atoms with van der Waals surface area (Å²) < 4.78 is 33.4. The fourth-order valence-corrected chi connectivity index (χ4v) is 7.94. The zero-order valence-corrected chi connectivity index (χ0v) is 39.0. The van der Waals surface area contributed by atoms with E-state index < -0.39 is 87.9 Å². The van der Waals surface area contributed by atoms with Crippen LogP contribution >= 0.6 is 7.82 Å². The highest BCUT2D eigenvalue weighted by Gasteiger charge is 2.51. The summed E-state index contributed by atoms with van der Waals surface area (Å²) in [6.45, 7) is 3.01. The van der Waals surface area contributed by atoms with Crippen LogP contribution in [0, 0.1) is 0 Å². The third-order valence-corrected chi connectivity index (χ3v) is 11.9. The van der Waals surface area contributed by atoms with Crippen LogP contribution in [0.4, 0.5) is 0 Å². The van der Waals surface area contributed by atoms with Crippen LogP contribution in [0.5, 0.6) is 0 Å². The van der Waals surface area contributed by atoms with Crippen molar-refractivity contribution in [3.8, 4) is 0 Å². The van der Waals surface area contributed by atoms with Gasteiger partial charge in [-0.3, -0.25) is 18.6 Å². The van der Waals surface area contributed by atoms with Gasteiger partial charge < -0.3 is 50.1 Å². The number of carbonyl (C=O) groups is 2. The lowest BCUT2D eigenvalue weighted by Crippen LogP contribution is -2.64. The zero-order chi connectivity index (χ0) is 46.7. The molecular formula is C47H83O15P. The summed E-state index contributed by atoms with van der Waals surface area (Å²) in [5, 5.41) is 70.4. The summed E-state index contributed by atoms with van der Waals surface area (Å²) in [6.07, 6.45) is 22.2. The van der Waals surface area contributed by atoms with Gasteiger partial charge >= 0.3 is 19.8 Å². The van der Waals surface area contributed by atoms with E-state index in [4.69, 9.17) is 18.5 Å². The minimum atomic E-state index is -5.18. The topological polar surface area (TPSA) is 250 Å². The molecule has 16 heteroatoms. The number of aliphatic hydroxyl groups is 7. The van der Waals surface area contributed by atoms with E-state index in [1.165, 1.54) is 64.2 Å². The van der Waals surface area contributed by atoms with Crippen molar-refractivity contribution < 1.29 is 73.3 Å². The molecule has 0 aromatic rings. The van der Waals surface area contributed by atoms with Crippen molar-refractivity contribution in [3.63, 3.8) is 0 Å². The molecule has 8 N–H and O–H groups in total. The van der Waals surface area contributed by atoms with E-state index in [1.54, 1.807) is 24.3 Å². The van der Waals surface area contributed by atoms with Crippen molar-refractivity contribution in [1.29, 1.82) is 0 Å². The van der Waals surface area contributed by atoms with Crippen molar-refractivity contribution in [3.05, 3.63) is 48.6 Å². The van der Waals surface area contributed by atoms with E-state index in [1.807, 2.05) is 24.3 Å². The lowest BCUT2D eigenvalue weighted by Gasteiger charge is -2.41. The fourth-order valence-electron chi connectivity index (χ4n) is 6.97. The number of phosphoric acid groups is 1. The molecule has 3 unspecified atom stereocenters. The molecule has 0 spiro atoms. The summed E-state index contributed by atoms with van der Waals surface area (Å²) in [5.41, 5.74) is 0. The Labute approximate surface area is 376 Å². The van der Waals surface area contributed by atoms with Crippen LogP contribution in [0.1, 0.15) is 168 Å². The molecule has 1 aliphatic rings. The average Bonchev–Trinajstić information content (AvgIpc) is 3.25. The van der Waals surface area contributed by atoms with Crippen molar-refractivity contribution in [2.75, 3.05) is 13.2 Å². The lowest BCUT2D eigenvalue weighted by atomic mass is 9.85. The second-order valence-corrected chi connectivity index (χ2v) is 18.1. The molecule has 1 saturated carbocycles. The van der Waals surface area contributed by atoms with Gasteiger partial charge in [-0.15, -0.1) is 0 Å². The van der Waals surface area contributed by atoms with Crippen LogP contribution in [0.15, 0.2) is 48.6 Å². The zero-order valence-electron chi connectivity index (χ0n) is 38.1. The molecule has 1 fully saturated rings. The number of hydrogen-bond acceptors (Lipinski definition) is 14. The average molecular weight is 919 g/mol. The van der Waals surface area contributed by atoms with E-state index in [0.717, 1.165) is 51.4 Å². The third-order valence-electron chi connectivity index (χ3n) is 10.9. The van der Waals surface area contributed by atoms with E-state index in [9.17, 15) is 54.8 Å². The van der Waals surface area contributed by atoms with Crippen LogP contribution in [-0.4, -0.2) is 121 Å². The number of ether oxygens (including phenoxy) is 2. The van der Waals surface area contributed by atoms with Crippen LogP contribution < -0.4 is 0 Å². The first-order valence-electron chi connectivity index (χ1n) is 23.7. The molecule has 0 aromatic heterocycles. The maximum atomic E-state index is 12.8. The fraction of sp³-hybridized carbons (Fsp3) is 0.787. The van der Waals surface area contributed by atoms with Gasteiger partial charge in [0.15, 0.2) is 6.10 Å². The molecule has 10 atom stereocenters. The number of phosphoric ester groups is 1. The predicted molar refractivity (Wildman–Crippen MR) is 242 cm³/mol. The number of hydrogen-bond donors (Lipinski definition) is 8. The van der Waals surface area contributed by atoms with E-state index in [0.29, 0.717) is 12.8 Å². The maximum absolute atomic E-state index is 12.8. The first-order valence-corrected chi connectivity index (χ1v) is 25.2. The molecule has 1 rings (SSSR count). The number of allylic oxidation sites excluding steroid dienone is 6. The Bertz CT molecular complexity index is 1320. The molecule has 1 aliphatic carbocycles. The second kappa shape index (κ2) is 36.9. The largest absolute Gasteiger partial charge is 0.472 e. The molecule has 0 bridgehead atoms. The van der Waals surface area contributed by atoms with Crippen molar-refractivity contribution in [1.82, 2.24) is 0 Å². The molecule has 0 saturated heterocycles. The minimum absolute atomic E-state index is 0.119. The monoisotopic (exact) mass is 919 g/mol. The molecule has 0 amide bonds. The molecule has 15 nitrogen and oxygen atoms in total. The Morgan fingerprint density at radius 3 is 1.49 bits per heavy atom. The van der Waals surface area contributed by atoms with E-state index >= 15 is 0 Å². The number of unbranched alkanes of at least 4 members (excludes halogenated alkanes) is 16. The van der Waals surface area contributed by atoms with Crippen LogP contribution in [0.25, 0.3) is 0 Å². The quantitative estimate of drug-likeness (QED) is 0.0133. The third kappa shape index (κ3) is 29.8. The molecule has 366 valence electrons. The van der Waals surface area contributed by atoms with Gasteiger partial charge in [-0.1, -0.05) is 172 Å². The van der Waals surface area contributed by atoms with Gasteiger partial charge in [-0.05, 0) is 32.1 Å². The number of esters is 2. The van der Waals surface area contributed by atoms with Crippen LogP contribution in [0.3, 0.4) is 0 Å². The molecular weight excluding hydrogens is 835 g/mol. The van der Waals surface area contributed by atoms with Gasteiger partial charge in [0.2, 0.25) is 0 Å². The normalized spacial score (nSPS) is 23.1. The molecule has 0 radical (unpaired) electrons. The molecule has 0 aliphatic heterocycles. The van der Waals surface area contributed by atoms with Gasteiger partial charge in [0.1, 0.15) is 43.2 Å². The number of aliphatic hydroxyl groups excluding tert-OH is 7. The van der Waals surface area contributed by atoms with Crippen LogP contribution in [-0.2, 0) is 32.7 Å². The second-order valence-electron chi connectivity index (χ2n) is 16.7. The smallest absolute Gasteiger partial charge is 0.462 e. The van der Waals surface area contributed by atoms with Gasteiger partial charge in [0.25, 0.3) is 0 Å². The summed E-state index contributed by atoms with van der Waals surface area (Å²) >= 11 is 0. The first-order chi connectivity index (χ1) is 30.2. The van der Waals surface area contributed by atoms with Gasteiger partial charge in [-0.2, -0.15) is 0 Å². The summed E-state index contributed by atoms with van der Waals surface area (Å²) in [7, 11) is -5.18. The minimum Gasteiger partial charge on any atom is -0.462 e. The van der Waals surface area contributed by atoms with Gasteiger partial charge in [0.05, 0.1) is 18.8 Å². The first kappa shape index (κ1) is 58.7. The van der Waals surface area contributed by atoms with E-state index in [-0.39, 0.29) is 25.7 Å². The predicted octanol–water partition coefficient (Wildman–Crippen LogP) is 7.11. The Morgan fingerprint density at radius 2 is 0.984 bits per heavy atom. The van der Waals surface area contributed by atoms with Crippen molar-refractivity contribution in [2.45, 2.75) is 223 Å². The highest BCUT2D eigenvalue weighted by atomic mass is 31.2. The van der Waals surface area contributed by atoms with Crippen LogP contribution in [0.2, 0.25) is 0 Å². The Balaban J connectivity index is 2.56. The molecule has 0 heterocycles.